The summed E-state index contributed by atoms with van der Waals surface area (Å²) in [6.45, 7) is 12.2. The fourth-order valence-corrected chi connectivity index (χ4v) is 0.850. The molecule has 0 aliphatic rings. The fourth-order valence-electron chi connectivity index (χ4n) is 0.850. The molecule has 0 saturated carbocycles. The third kappa shape index (κ3) is 6.74. The summed E-state index contributed by atoms with van der Waals surface area (Å²) >= 11 is 0. The standard InChI is InChI=1S/C11H18O4/c1-6-13-10(5)15-9(4)7-14-11(12)8(2)3/h6,9-10H,1-2,7H2,3-5H3. The van der Waals surface area contributed by atoms with Crippen molar-refractivity contribution in [1.29, 1.82) is 0 Å². The maximum absolute atomic E-state index is 11.0. The number of hydrogen-bond acceptors (Lipinski definition) is 4. The zero-order chi connectivity index (χ0) is 11.8. The molecule has 0 radical (unpaired) electrons. The maximum Gasteiger partial charge on any atom is 0.333 e. The van der Waals surface area contributed by atoms with Gasteiger partial charge in [-0.05, 0) is 20.8 Å². The van der Waals surface area contributed by atoms with E-state index in [4.69, 9.17) is 14.2 Å². The Kier molecular flexibility index (Phi) is 6.45. The molecule has 2 atom stereocenters. The van der Waals surface area contributed by atoms with Crippen LogP contribution in [0.25, 0.3) is 0 Å². The lowest BCUT2D eigenvalue weighted by Crippen LogP contribution is -2.24. The maximum atomic E-state index is 11.0. The van der Waals surface area contributed by atoms with Crippen LogP contribution in [-0.4, -0.2) is 25.0 Å². The molecule has 0 aromatic heterocycles. The number of rotatable bonds is 7. The summed E-state index contributed by atoms with van der Waals surface area (Å²) < 4.78 is 15.2. The van der Waals surface area contributed by atoms with E-state index in [9.17, 15) is 4.79 Å². The Bertz CT molecular complexity index is 235. The first-order valence-corrected chi connectivity index (χ1v) is 4.71. The van der Waals surface area contributed by atoms with Crippen LogP contribution in [0.5, 0.6) is 0 Å². The van der Waals surface area contributed by atoms with Crippen molar-refractivity contribution < 1.29 is 19.0 Å². The molecule has 0 bridgehead atoms. The SMILES string of the molecule is C=COC(C)OC(C)COC(=O)C(=C)C. The van der Waals surface area contributed by atoms with E-state index in [1.165, 1.54) is 6.26 Å². The number of esters is 1. The second-order valence-corrected chi connectivity index (χ2v) is 3.20. The van der Waals surface area contributed by atoms with Crippen LogP contribution >= 0.6 is 0 Å². The first-order valence-electron chi connectivity index (χ1n) is 4.71. The molecule has 0 aromatic rings. The summed E-state index contributed by atoms with van der Waals surface area (Å²) in [5.74, 6) is -0.414. The number of ether oxygens (including phenoxy) is 3. The van der Waals surface area contributed by atoms with Gasteiger partial charge < -0.3 is 14.2 Å². The highest BCUT2D eigenvalue weighted by molar-refractivity contribution is 5.86. The summed E-state index contributed by atoms with van der Waals surface area (Å²) in [5.41, 5.74) is 0.373. The second-order valence-electron chi connectivity index (χ2n) is 3.20. The molecule has 0 saturated heterocycles. The summed E-state index contributed by atoms with van der Waals surface area (Å²) in [6.07, 6.45) is 0.668. The number of carbonyl (C=O) groups is 1. The van der Waals surface area contributed by atoms with Crippen LogP contribution in [0.3, 0.4) is 0 Å². The predicted octanol–water partition coefficient (Wildman–Crippen LogP) is 2.02. The van der Waals surface area contributed by atoms with E-state index < -0.39 is 12.3 Å². The summed E-state index contributed by atoms with van der Waals surface area (Å²) in [4.78, 5) is 11.0. The van der Waals surface area contributed by atoms with Gasteiger partial charge in [0, 0.05) is 5.57 Å². The van der Waals surface area contributed by atoms with Crippen molar-refractivity contribution in [3.05, 3.63) is 25.0 Å². The van der Waals surface area contributed by atoms with Crippen LogP contribution in [0.4, 0.5) is 0 Å². The van der Waals surface area contributed by atoms with E-state index in [0.29, 0.717) is 5.57 Å². The lowest BCUT2D eigenvalue weighted by Gasteiger charge is -2.18. The highest BCUT2D eigenvalue weighted by atomic mass is 16.7. The van der Waals surface area contributed by atoms with Crippen molar-refractivity contribution in [2.24, 2.45) is 0 Å². The summed E-state index contributed by atoms with van der Waals surface area (Å²) in [7, 11) is 0. The Balaban J connectivity index is 3.74. The van der Waals surface area contributed by atoms with Gasteiger partial charge in [-0.25, -0.2) is 4.79 Å². The van der Waals surface area contributed by atoms with E-state index in [1.54, 1.807) is 20.8 Å². The predicted molar refractivity (Wildman–Crippen MR) is 57.1 cm³/mol. The third-order valence-corrected chi connectivity index (χ3v) is 1.51. The molecule has 0 amide bonds. The van der Waals surface area contributed by atoms with Gasteiger partial charge in [-0.3, -0.25) is 0 Å². The van der Waals surface area contributed by atoms with Crippen LogP contribution in [0.15, 0.2) is 25.0 Å². The largest absolute Gasteiger partial charge is 0.473 e. The zero-order valence-electron chi connectivity index (χ0n) is 9.49. The average Bonchev–Trinajstić information content (AvgIpc) is 2.14. The Morgan fingerprint density at radius 3 is 2.53 bits per heavy atom. The van der Waals surface area contributed by atoms with E-state index in [2.05, 4.69) is 13.2 Å². The van der Waals surface area contributed by atoms with E-state index >= 15 is 0 Å². The quantitative estimate of drug-likeness (QED) is 0.281. The van der Waals surface area contributed by atoms with Crippen LogP contribution in [-0.2, 0) is 19.0 Å². The van der Waals surface area contributed by atoms with Crippen LogP contribution in [0.2, 0.25) is 0 Å². The molecule has 4 heteroatoms. The minimum Gasteiger partial charge on any atom is -0.473 e. The van der Waals surface area contributed by atoms with Gasteiger partial charge in [-0.2, -0.15) is 0 Å². The molecule has 2 unspecified atom stereocenters. The third-order valence-electron chi connectivity index (χ3n) is 1.51. The van der Waals surface area contributed by atoms with E-state index in [1.807, 2.05) is 0 Å². The minimum absolute atomic E-state index is 0.177. The molecular formula is C11H18O4. The van der Waals surface area contributed by atoms with Crippen molar-refractivity contribution in [3.63, 3.8) is 0 Å². The van der Waals surface area contributed by atoms with Gasteiger partial charge in [0.25, 0.3) is 0 Å². The first kappa shape index (κ1) is 13.7. The van der Waals surface area contributed by atoms with Crippen molar-refractivity contribution in [2.45, 2.75) is 33.2 Å². The van der Waals surface area contributed by atoms with Gasteiger partial charge in [0.15, 0.2) is 6.29 Å². The van der Waals surface area contributed by atoms with Crippen molar-refractivity contribution >= 4 is 5.97 Å². The van der Waals surface area contributed by atoms with Gasteiger partial charge in [0.05, 0.1) is 12.4 Å². The molecule has 4 nitrogen and oxygen atoms in total. The number of hydrogen-bond donors (Lipinski definition) is 0. The molecule has 0 fully saturated rings. The second kappa shape index (κ2) is 7.06. The van der Waals surface area contributed by atoms with Gasteiger partial charge in [0.1, 0.15) is 6.61 Å². The lowest BCUT2D eigenvalue weighted by atomic mass is 10.3. The summed E-state index contributed by atoms with van der Waals surface area (Å²) in [6, 6.07) is 0. The topological polar surface area (TPSA) is 44.8 Å². The lowest BCUT2D eigenvalue weighted by molar-refractivity contribution is -0.157. The molecule has 86 valence electrons. The van der Waals surface area contributed by atoms with E-state index in [0.717, 1.165) is 0 Å². The fraction of sp³-hybridized carbons (Fsp3) is 0.545. The Morgan fingerprint density at radius 1 is 1.47 bits per heavy atom. The van der Waals surface area contributed by atoms with Crippen molar-refractivity contribution in [3.8, 4) is 0 Å². The highest BCUT2D eigenvalue weighted by Crippen LogP contribution is 2.02. The molecule has 0 aliphatic heterocycles. The molecule has 0 N–H and O–H groups in total. The smallest absolute Gasteiger partial charge is 0.333 e. The molecule has 0 aliphatic carbocycles. The van der Waals surface area contributed by atoms with Gasteiger partial charge in [0.2, 0.25) is 0 Å². The zero-order valence-corrected chi connectivity index (χ0v) is 9.49. The van der Waals surface area contributed by atoms with Gasteiger partial charge >= 0.3 is 5.97 Å². The molecule has 0 spiro atoms. The van der Waals surface area contributed by atoms with Crippen molar-refractivity contribution in [2.75, 3.05) is 6.61 Å². The first-order chi connectivity index (χ1) is 6.97. The Hall–Kier alpha value is -1.29. The normalized spacial score (nSPS) is 13.8. The monoisotopic (exact) mass is 214 g/mol. The van der Waals surface area contributed by atoms with Gasteiger partial charge in [-0.15, -0.1) is 0 Å². The highest BCUT2D eigenvalue weighted by Gasteiger charge is 2.11. The Labute approximate surface area is 90.5 Å². The average molecular weight is 214 g/mol. The molecular weight excluding hydrogens is 196 g/mol. The summed E-state index contributed by atoms with van der Waals surface area (Å²) in [5, 5.41) is 0. The van der Waals surface area contributed by atoms with E-state index in [-0.39, 0.29) is 12.7 Å². The molecule has 15 heavy (non-hydrogen) atoms. The van der Waals surface area contributed by atoms with Gasteiger partial charge in [-0.1, -0.05) is 13.2 Å². The molecule has 0 aromatic carbocycles. The molecule has 0 rings (SSSR count). The minimum atomic E-state index is -0.414. The Morgan fingerprint density at radius 2 is 2.07 bits per heavy atom. The molecule has 0 heterocycles. The number of carbonyl (C=O) groups excluding carboxylic acids is 1. The van der Waals surface area contributed by atoms with Crippen LogP contribution < -0.4 is 0 Å². The van der Waals surface area contributed by atoms with Crippen molar-refractivity contribution in [1.82, 2.24) is 0 Å². The van der Waals surface area contributed by atoms with Crippen LogP contribution in [0, 0.1) is 0 Å². The van der Waals surface area contributed by atoms with Crippen LogP contribution in [0.1, 0.15) is 20.8 Å².